The predicted octanol–water partition coefficient (Wildman–Crippen LogP) is 0.850. The smallest absolute Gasteiger partial charge is 0.270 e. The summed E-state index contributed by atoms with van der Waals surface area (Å²) in [7, 11) is 0. The minimum absolute atomic E-state index is 0.0124. The van der Waals surface area contributed by atoms with E-state index in [1.54, 1.807) is 5.38 Å². The zero-order valence-corrected chi connectivity index (χ0v) is 11.4. The molecule has 0 unspecified atom stereocenters. The SMILES string of the molecule is CC(=O)Nc1nc(C(=O)NCC(C)(C)CO)cs1. The van der Waals surface area contributed by atoms with Crippen LogP contribution in [-0.4, -0.2) is 35.1 Å². The van der Waals surface area contributed by atoms with Gasteiger partial charge in [-0.1, -0.05) is 13.8 Å². The number of aliphatic hydroxyl groups excluding tert-OH is 1. The predicted molar refractivity (Wildman–Crippen MR) is 69.6 cm³/mol. The van der Waals surface area contributed by atoms with Crippen LogP contribution in [0.15, 0.2) is 5.38 Å². The van der Waals surface area contributed by atoms with Crippen LogP contribution in [0.1, 0.15) is 31.3 Å². The molecule has 0 aliphatic heterocycles. The highest BCUT2D eigenvalue weighted by Crippen LogP contribution is 2.16. The van der Waals surface area contributed by atoms with Gasteiger partial charge in [-0.15, -0.1) is 11.3 Å². The van der Waals surface area contributed by atoms with E-state index < -0.39 is 0 Å². The van der Waals surface area contributed by atoms with Crippen molar-refractivity contribution >= 4 is 28.3 Å². The van der Waals surface area contributed by atoms with E-state index >= 15 is 0 Å². The van der Waals surface area contributed by atoms with Crippen LogP contribution >= 0.6 is 11.3 Å². The second-order valence-electron chi connectivity index (χ2n) is 4.72. The molecule has 3 N–H and O–H groups in total. The highest BCUT2D eigenvalue weighted by Gasteiger charge is 2.19. The average Bonchev–Trinajstić information content (AvgIpc) is 2.73. The Morgan fingerprint density at radius 2 is 2.17 bits per heavy atom. The van der Waals surface area contributed by atoms with Crippen LogP contribution in [0.2, 0.25) is 0 Å². The first-order valence-corrected chi connectivity index (χ1v) is 6.34. The second-order valence-corrected chi connectivity index (χ2v) is 5.58. The normalized spacial score (nSPS) is 11.1. The minimum atomic E-state index is -0.369. The van der Waals surface area contributed by atoms with Gasteiger partial charge >= 0.3 is 0 Å². The zero-order chi connectivity index (χ0) is 13.8. The van der Waals surface area contributed by atoms with Gasteiger partial charge < -0.3 is 15.7 Å². The summed E-state index contributed by atoms with van der Waals surface area (Å²) in [4.78, 5) is 26.5. The standard InChI is InChI=1S/C11H17N3O3S/c1-7(16)13-10-14-8(4-18-10)9(17)12-5-11(2,3)6-15/h4,15H,5-6H2,1-3H3,(H,12,17)(H,13,14,16). The van der Waals surface area contributed by atoms with Gasteiger partial charge in [0.15, 0.2) is 5.13 Å². The first-order chi connectivity index (χ1) is 8.34. The van der Waals surface area contributed by atoms with Crippen LogP contribution in [-0.2, 0) is 4.79 Å². The monoisotopic (exact) mass is 271 g/mol. The molecule has 0 atom stereocenters. The molecule has 2 amide bonds. The Morgan fingerprint density at radius 3 is 2.72 bits per heavy atom. The summed E-state index contributed by atoms with van der Waals surface area (Å²) < 4.78 is 0. The molecule has 7 heteroatoms. The largest absolute Gasteiger partial charge is 0.396 e. The third kappa shape index (κ3) is 4.42. The number of anilines is 1. The molecule has 1 heterocycles. The Bertz CT molecular complexity index is 442. The van der Waals surface area contributed by atoms with Crippen molar-refractivity contribution in [2.75, 3.05) is 18.5 Å². The highest BCUT2D eigenvalue weighted by molar-refractivity contribution is 7.14. The van der Waals surface area contributed by atoms with Crippen LogP contribution in [0.25, 0.3) is 0 Å². The summed E-state index contributed by atoms with van der Waals surface area (Å²) in [5.74, 6) is -0.540. The van der Waals surface area contributed by atoms with Gasteiger partial charge in [0.1, 0.15) is 5.69 Å². The third-order valence-corrected chi connectivity index (χ3v) is 2.93. The molecule has 1 aromatic rings. The number of aliphatic hydroxyl groups is 1. The van der Waals surface area contributed by atoms with Crippen molar-refractivity contribution < 1.29 is 14.7 Å². The Kier molecular flexibility index (Phi) is 4.80. The molecule has 0 aromatic carbocycles. The van der Waals surface area contributed by atoms with Crippen molar-refractivity contribution in [3.63, 3.8) is 0 Å². The lowest BCUT2D eigenvalue weighted by atomic mass is 9.95. The van der Waals surface area contributed by atoms with E-state index in [1.807, 2.05) is 13.8 Å². The van der Waals surface area contributed by atoms with Crippen molar-refractivity contribution in [3.05, 3.63) is 11.1 Å². The van der Waals surface area contributed by atoms with Crippen LogP contribution in [0.5, 0.6) is 0 Å². The molecule has 0 saturated carbocycles. The van der Waals surface area contributed by atoms with Gasteiger partial charge in [0.05, 0.1) is 0 Å². The average molecular weight is 271 g/mol. The van der Waals surface area contributed by atoms with Crippen molar-refractivity contribution in [2.45, 2.75) is 20.8 Å². The third-order valence-electron chi connectivity index (χ3n) is 2.18. The van der Waals surface area contributed by atoms with E-state index in [2.05, 4.69) is 15.6 Å². The van der Waals surface area contributed by atoms with Gasteiger partial charge in [-0.2, -0.15) is 0 Å². The van der Waals surface area contributed by atoms with Crippen LogP contribution in [0.3, 0.4) is 0 Å². The lowest BCUT2D eigenvalue weighted by Crippen LogP contribution is -2.36. The molecule has 0 aliphatic carbocycles. The van der Waals surface area contributed by atoms with Crippen molar-refractivity contribution in [3.8, 4) is 0 Å². The van der Waals surface area contributed by atoms with Gasteiger partial charge in [0.25, 0.3) is 5.91 Å². The summed E-state index contributed by atoms with van der Waals surface area (Å²) in [6, 6.07) is 0. The van der Waals surface area contributed by atoms with Crippen LogP contribution in [0, 0.1) is 5.41 Å². The van der Waals surface area contributed by atoms with E-state index in [0.717, 1.165) is 0 Å². The summed E-state index contributed by atoms with van der Waals surface area (Å²) in [6.07, 6.45) is 0. The number of rotatable bonds is 5. The highest BCUT2D eigenvalue weighted by atomic mass is 32.1. The second kappa shape index (κ2) is 5.92. The molecule has 18 heavy (non-hydrogen) atoms. The number of nitrogens with one attached hydrogen (secondary N) is 2. The molecule has 1 aromatic heterocycles. The van der Waals surface area contributed by atoms with Gasteiger partial charge in [0.2, 0.25) is 5.91 Å². The Morgan fingerprint density at radius 1 is 1.50 bits per heavy atom. The number of carbonyl (C=O) groups excluding carboxylic acids is 2. The topological polar surface area (TPSA) is 91.3 Å². The summed E-state index contributed by atoms with van der Waals surface area (Å²) in [6.45, 7) is 5.41. The maximum absolute atomic E-state index is 11.7. The zero-order valence-electron chi connectivity index (χ0n) is 10.6. The first-order valence-electron chi connectivity index (χ1n) is 5.46. The summed E-state index contributed by atoms with van der Waals surface area (Å²) >= 11 is 1.19. The van der Waals surface area contributed by atoms with Crippen molar-refractivity contribution in [1.29, 1.82) is 0 Å². The first kappa shape index (κ1) is 14.6. The molecule has 0 saturated heterocycles. The molecule has 0 radical (unpaired) electrons. The fraction of sp³-hybridized carbons (Fsp3) is 0.545. The lowest BCUT2D eigenvalue weighted by Gasteiger charge is -2.21. The van der Waals surface area contributed by atoms with Gasteiger partial charge in [-0.3, -0.25) is 9.59 Å². The quantitative estimate of drug-likeness (QED) is 0.740. The fourth-order valence-electron chi connectivity index (χ4n) is 1.05. The molecule has 0 aliphatic rings. The van der Waals surface area contributed by atoms with E-state index in [0.29, 0.717) is 11.7 Å². The van der Waals surface area contributed by atoms with Gasteiger partial charge in [-0.25, -0.2) is 4.98 Å². The molecule has 0 fully saturated rings. The molecule has 0 bridgehead atoms. The number of carbonyl (C=O) groups is 2. The Hall–Kier alpha value is -1.47. The number of hydrogen-bond acceptors (Lipinski definition) is 5. The number of amides is 2. The number of aromatic nitrogens is 1. The molecule has 0 spiro atoms. The van der Waals surface area contributed by atoms with E-state index in [1.165, 1.54) is 18.3 Å². The Labute approximate surface area is 109 Å². The summed E-state index contributed by atoms with van der Waals surface area (Å²) in [5.41, 5.74) is -0.107. The minimum Gasteiger partial charge on any atom is -0.396 e. The maximum atomic E-state index is 11.7. The van der Waals surface area contributed by atoms with Gasteiger partial charge in [0, 0.05) is 30.9 Å². The number of hydrogen-bond donors (Lipinski definition) is 3. The maximum Gasteiger partial charge on any atom is 0.270 e. The van der Waals surface area contributed by atoms with Gasteiger partial charge in [-0.05, 0) is 0 Å². The van der Waals surface area contributed by atoms with Crippen molar-refractivity contribution in [2.24, 2.45) is 5.41 Å². The van der Waals surface area contributed by atoms with Crippen LogP contribution < -0.4 is 10.6 Å². The van der Waals surface area contributed by atoms with Crippen LogP contribution in [0.4, 0.5) is 5.13 Å². The molecular formula is C11H17N3O3S. The molecule has 1 rings (SSSR count). The summed E-state index contributed by atoms with van der Waals surface area (Å²) in [5, 5.41) is 16.2. The number of nitrogens with zero attached hydrogens (tertiary/aromatic N) is 1. The lowest BCUT2D eigenvalue weighted by molar-refractivity contribution is -0.114. The van der Waals surface area contributed by atoms with E-state index in [-0.39, 0.29) is 29.5 Å². The molecule has 6 nitrogen and oxygen atoms in total. The van der Waals surface area contributed by atoms with E-state index in [4.69, 9.17) is 5.11 Å². The molecular weight excluding hydrogens is 254 g/mol. The fourth-order valence-corrected chi connectivity index (χ4v) is 1.79. The number of thiazole rings is 1. The Balaban J connectivity index is 2.57. The molecule has 100 valence electrons. The van der Waals surface area contributed by atoms with E-state index in [9.17, 15) is 9.59 Å². The van der Waals surface area contributed by atoms with Crippen molar-refractivity contribution in [1.82, 2.24) is 10.3 Å².